The maximum atomic E-state index is 12.1. The van der Waals surface area contributed by atoms with Gasteiger partial charge in [0.05, 0.1) is 12.6 Å². The summed E-state index contributed by atoms with van der Waals surface area (Å²) in [5.41, 5.74) is 3.60. The van der Waals surface area contributed by atoms with E-state index in [4.69, 9.17) is 4.74 Å². The van der Waals surface area contributed by atoms with Crippen molar-refractivity contribution < 1.29 is 9.53 Å². The molecule has 122 valence electrons. The molecule has 1 aromatic rings. The molecule has 5 heteroatoms. The van der Waals surface area contributed by atoms with Crippen molar-refractivity contribution in [3.63, 3.8) is 0 Å². The number of alkyl carbamates (subject to hydrolysis) is 1. The van der Waals surface area contributed by atoms with Gasteiger partial charge in [-0.3, -0.25) is 4.79 Å². The van der Waals surface area contributed by atoms with E-state index in [1.165, 1.54) is 24.3 Å². The molecule has 2 aliphatic rings. The zero-order valence-corrected chi connectivity index (χ0v) is 13.7. The first-order valence-corrected chi connectivity index (χ1v) is 7.99. The first-order chi connectivity index (χ1) is 11.0. The standard InChI is InChI=1S/C18H22N2O3/c1-4-11-8-12-9-15-14(6-7-16(21)19-15)18(10-11,13(12)5-2)20-17(22)23-3/h5-8,12H,4,9-10H2,1-3H3,(H,19,21)(H,20,22)/b13-5+/t12-,18+/m0/s1. The molecule has 1 heterocycles. The SMILES string of the molecule is C/C=C1\[C@H]2C=C(CC)C[C@]1(NC(=O)OC)c1ccc(=O)[nH]c1C2. The molecule has 2 aliphatic carbocycles. The highest BCUT2D eigenvalue weighted by Crippen LogP contribution is 2.49. The Morgan fingerprint density at radius 1 is 1.52 bits per heavy atom. The Labute approximate surface area is 135 Å². The lowest BCUT2D eigenvalue weighted by Crippen LogP contribution is -2.53. The fraction of sp³-hybridized carbons (Fsp3) is 0.444. The van der Waals surface area contributed by atoms with E-state index in [0.29, 0.717) is 6.42 Å². The van der Waals surface area contributed by atoms with Gasteiger partial charge in [0, 0.05) is 23.2 Å². The summed E-state index contributed by atoms with van der Waals surface area (Å²) in [6, 6.07) is 3.36. The minimum atomic E-state index is -0.635. The van der Waals surface area contributed by atoms with Crippen LogP contribution in [0.25, 0.3) is 0 Å². The molecular weight excluding hydrogens is 292 g/mol. The van der Waals surface area contributed by atoms with Crippen molar-refractivity contribution in [3.05, 3.63) is 57.0 Å². The number of rotatable bonds is 2. The maximum Gasteiger partial charge on any atom is 0.407 e. The number of fused-ring (bicyclic) bond motifs is 4. The molecule has 2 atom stereocenters. The normalized spacial score (nSPS) is 27.2. The topological polar surface area (TPSA) is 71.2 Å². The number of H-pyrrole nitrogens is 1. The van der Waals surface area contributed by atoms with Crippen molar-refractivity contribution in [2.24, 2.45) is 5.92 Å². The second-order valence-corrected chi connectivity index (χ2v) is 6.15. The molecule has 0 saturated heterocycles. The Hall–Kier alpha value is -2.30. The van der Waals surface area contributed by atoms with Crippen LogP contribution < -0.4 is 10.9 Å². The molecule has 0 aromatic carbocycles. The van der Waals surface area contributed by atoms with E-state index in [-0.39, 0.29) is 11.5 Å². The Balaban J connectivity index is 2.24. The van der Waals surface area contributed by atoms with Gasteiger partial charge >= 0.3 is 6.09 Å². The van der Waals surface area contributed by atoms with Gasteiger partial charge in [0.2, 0.25) is 5.56 Å². The van der Waals surface area contributed by atoms with Gasteiger partial charge in [-0.1, -0.05) is 24.6 Å². The van der Waals surface area contributed by atoms with Gasteiger partial charge < -0.3 is 15.0 Å². The number of amides is 1. The molecule has 2 bridgehead atoms. The Morgan fingerprint density at radius 3 is 2.96 bits per heavy atom. The highest BCUT2D eigenvalue weighted by Gasteiger charge is 2.48. The lowest BCUT2D eigenvalue weighted by molar-refractivity contribution is 0.155. The highest BCUT2D eigenvalue weighted by atomic mass is 16.5. The second kappa shape index (κ2) is 5.72. The van der Waals surface area contributed by atoms with Crippen LogP contribution in [0.5, 0.6) is 0 Å². The Morgan fingerprint density at radius 2 is 2.30 bits per heavy atom. The molecule has 0 radical (unpaired) electrons. The molecule has 2 N–H and O–H groups in total. The summed E-state index contributed by atoms with van der Waals surface area (Å²) in [5, 5.41) is 3.06. The van der Waals surface area contributed by atoms with E-state index >= 15 is 0 Å². The van der Waals surface area contributed by atoms with Crippen LogP contribution in [0.15, 0.2) is 40.2 Å². The zero-order chi connectivity index (χ0) is 16.6. The van der Waals surface area contributed by atoms with Crippen molar-refractivity contribution in [1.29, 1.82) is 0 Å². The number of hydrogen-bond donors (Lipinski definition) is 2. The van der Waals surface area contributed by atoms with E-state index in [9.17, 15) is 9.59 Å². The highest BCUT2D eigenvalue weighted by molar-refractivity contribution is 5.71. The van der Waals surface area contributed by atoms with E-state index in [2.05, 4.69) is 29.4 Å². The monoisotopic (exact) mass is 314 g/mol. The molecule has 0 aliphatic heterocycles. The van der Waals surface area contributed by atoms with Crippen LogP contribution >= 0.6 is 0 Å². The molecule has 3 rings (SSSR count). The summed E-state index contributed by atoms with van der Waals surface area (Å²) < 4.78 is 4.87. The van der Waals surface area contributed by atoms with Crippen molar-refractivity contribution in [2.45, 2.75) is 38.6 Å². The van der Waals surface area contributed by atoms with Crippen LogP contribution in [0.1, 0.15) is 37.9 Å². The average Bonchev–Trinajstić information content (AvgIpc) is 2.53. The molecule has 0 saturated carbocycles. The number of carbonyl (C=O) groups excluding carboxylic acids is 1. The predicted molar refractivity (Wildman–Crippen MR) is 88.2 cm³/mol. The average molecular weight is 314 g/mol. The fourth-order valence-electron chi connectivity index (χ4n) is 4.02. The van der Waals surface area contributed by atoms with Gasteiger partial charge in [-0.05, 0) is 37.8 Å². The van der Waals surface area contributed by atoms with Gasteiger partial charge in [0.25, 0.3) is 0 Å². The van der Waals surface area contributed by atoms with Crippen LogP contribution in [-0.2, 0) is 16.7 Å². The summed E-state index contributed by atoms with van der Waals surface area (Å²) in [4.78, 5) is 26.7. The van der Waals surface area contributed by atoms with Crippen LogP contribution in [0.4, 0.5) is 4.79 Å². The van der Waals surface area contributed by atoms with Crippen molar-refractivity contribution >= 4 is 6.09 Å². The Kier molecular flexibility index (Phi) is 3.88. The molecular formula is C18H22N2O3. The van der Waals surface area contributed by atoms with Gasteiger partial charge in [-0.25, -0.2) is 4.79 Å². The summed E-state index contributed by atoms with van der Waals surface area (Å²) >= 11 is 0. The summed E-state index contributed by atoms with van der Waals surface area (Å²) in [7, 11) is 1.37. The molecule has 0 spiro atoms. The Bertz CT molecular complexity index is 760. The number of allylic oxidation sites excluding steroid dienone is 2. The molecule has 5 nitrogen and oxygen atoms in total. The van der Waals surface area contributed by atoms with Gasteiger partial charge in [-0.2, -0.15) is 0 Å². The van der Waals surface area contributed by atoms with Gasteiger partial charge in [-0.15, -0.1) is 0 Å². The number of nitrogens with one attached hydrogen (secondary N) is 2. The van der Waals surface area contributed by atoms with E-state index in [1.807, 2.05) is 13.0 Å². The quantitative estimate of drug-likeness (QED) is 0.825. The molecule has 0 unspecified atom stereocenters. The van der Waals surface area contributed by atoms with Gasteiger partial charge in [0.15, 0.2) is 0 Å². The number of aromatic amines is 1. The number of carbonyl (C=O) groups is 1. The number of aromatic nitrogens is 1. The molecule has 1 aromatic heterocycles. The third-order valence-corrected chi connectivity index (χ3v) is 4.97. The van der Waals surface area contributed by atoms with E-state index in [1.54, 1.807) is 0 Å². The summed E-state index contributed by atoms with van der Waals surface area (Å²) in [5.74, 6) is 0.186. The largest absolute Gasteiger partial charge is 0.453 e. The number of ether oxygens (including phenoxy) is 1. The summed E-state index contributed by atoms with van der Waals surface area (Å²) in [6.07, 6.45) is 6.29. The lowest BCUT2D eigenvalue weighted by Gasteiger charge is -2.47. The first kappa shape index (κ1) is 15.6. The predicted octanol–water partition coefficient (Wildman–Crippen LogP) is 2.78. The molecule has 23 heavy (non-hydrogen) atoms. The number of methoxy groups -OCH3 is 1. The van der Waals surface area contributed by atoms with Crippen LogP contribution in [0, 0.1) is 5.92 Å². The van der Waals surface area contributed by atoms with Crippen molar-refractivity contribution in [2.75, 3.05) is 7.11 Å². The van der Waals surface area contributed by atoms with E-state index in [0.717, 1.165) is 24.1 Å². The minimum Gasteiger partial charge on any atom is -0.453 e. The molecule has 0 fully saturated rings. The summed E-state index contributed by atoms with van der Waals surface area (Å²) in [6.45, 7) is 4.12. The number of pyridine rings is 1. The third-order valence-electron chi connectivity index (χ3n) is 4.97. The van der Waals surface area contributed by atoms with Gasteiger partial charge in [0.1, 0.15) is 0 Å². The van der Waals surface area contributed by atoms with Crippen LogP contribution in [0.3, 0.4) is 0 Å². The van der Waals surface area contributed by atoms with Crippen molar-refractivity contribution in [3.8, 4) is 0 Å². The third kappa shape index (κ3) is 2.40. The lowest BCUT2D eigenvalue weighted by atomic mass is 9.62. The minimum absolute atomic E-state index is 0.112. The number of hydrogen-bond acceptors (Lipinski definition) is 3. The molecule has 1 amide bonds. The smallest absolute Gasteiger partial charge is 0.407 e. The fourth-order valence-corrected chi connectivity index (χ4v) is 4.02. The van der Waals surface area contributed by atoms with Crippen molar-refractivity contribution in [1.82, 2.24) is 10.3 Å². The zero-order valence-electron chi connectivity index (χ0n) is 13.7. The maximum absolute atomic E-state index is 12.1. The second-order valence-electron chi connectivity index (χ2n) is 6.15. The van der Waals surface area contributed by atoms with Crippen LogP contribution in [0.2, 0.25) is 0 Å². The first-order valence-electron chi connectivity index (χ1n) is 7.99. The van der Waals surface area contributed by atoms with E-state index < -0.39 is 11.6 Å². The van der Waals surface area contributed by atoms with Crippen LogP contribution in [-0.4, -0.2) is 18.2 Å².